The van der Waals surface area contributed by atoms with Crippen molar-refractivity contribution in [3.8, 4) is 28.4 Å². The summed E-state index contributed by atoms with van der Waals surface area (Å²) in [7, 11) is 3.42. The number of nitrogens with zero attached hydrogens (tertiary/aromatic N) is 2. The number of fused-ring (bicyclic) bond motifs is 1. The molecule has 0 radical (unpaired) electrons. The average Bonchev–Trinajstić information content (AvgIpc) is 3.14. The maximum atomic E-state index is 12.8. The number of aryl methyl sites for hydroxylation is 1. The van der Waals surface area contributed by atoms with Crippen molar-refractivity contribution in [2.75, 3.05) is 20.3 Å². The minimum absolute atomic E-state index is 0.235. The number of carbonyl (C=O) groups excluding carboxylic acids is 1. The highest BCUT2D eigenvalue weighted by molar-refractivity contribution is 5.99. The Labute approximate surface area is 162 Å². The molecule has 0 aliphatic carbocycles. The highest BCUT2D eigenvalue weighted by atomic mass is 16.6. The Bertz CT molecular complexity index is 995. The van der Waals surface area contributed by atoms with E-state index in [4.69, 9.17) is 14.2 Å². The van der Waals surface area contributed by atoms with E-state index in [-0.39, 0.29) is 5.91 Å². The fraction of sp³-hybridized carbons (Fsp3) is 0.238. The molecule has 0 spiro atoms. The van der Waals surface area contributed by atoms with E-state index in [9.17, 15) is 4.79 Å². The van der Waals surface area contributed by atoms with Crippen LogP contribution in [-0.2, 0) is 13.6 Å². The number of carbonyl (C=O) groups is 1. The third-order valence-electron chi connectivity index (χ3n) is 4.51. The van der Waals surface area contributed by atoms with E-state index >= 15 is 0 Å². The first-order valence-electron chi connectivity index (χ1n) is 8.99. The summed E-state index contributed by atoms with van der Waals surface area (Å²) in [5.41, 5.74) is 2.94. The second kappa shape index (κ2) is 7.64. The Morgan fingerprint density at radius 3 is 2.64 bits per heavy atom. The summed E-state index contributed by atoms with van der Waals surface area (Å²) in [5.74, 6) is 1.93. The van der Waals surface area contributed by atoms with E-state index in [2.05, 4.69) is 10.4 Å². The number of ether oxygens (including phenoxy) is 3. The molecule has 7 heteroatoms. The fourth-order valence-corrected chi connectivity index (χ4v) is 3.09. The van der Waals surface area contributed by atoms with Crippen molar-refractivity contribution in [1.82, 2.24) is 15.1 Å². The SMILES string of the molecule is COc1ccc(CNC(=O)c2nn(C)cc2-c2ccc3c(c2)OCCO3)cc1. The Morgan fingerprint density at radius 1 is 1.14 bits per heavy atom. The molecule has 0 saturated carbocycles. The predicted octanol–water partition coefficient (Wildman–Crippen LogP) is 2.80. The van der Waals surface area contributed by atoms with E-state index in [0.717, 1.165) is 22.4 Å². The molecule has 3 aromatic rings. The molecular formula is C21H21N3O4. The molecule has 0 unspecified atom stereocenters. The molecule has 1 aliphatic rings. The van der Waals surface area contributed by atoms with Gasteiger partial charge in [0.2, 0.25) is 0 Å². The van der Waals surface area contributed by atoms with Gasteiger partial charge in [-0.25, -0.2) is 0 Å². The minimum atomic E-state index is -0.235. The third kappa shape index (κ3) is 3.64. The highest BCUT2D eigenvalue weighted by Crippen LogP contribution is 2.35. The molecule has 7 nitrogen and oxygen atoms in total. The zero-order valence-electron chi connectivity index (χ0n) is 15.8. The first-order chi connectivity index (χ1) is 13.6. The molecular weight excluding hydrogens is 358 g/mol. The lowest BCUT2D eigenvalue weighted by atomic mass is 10.1. The lowest BCUT2D eigenvalue weighted by molar-refractivity contribution is 0.0946. The van der Waals surface area contributed by atoms with Crippen molar-refractivity contribution < 1.29 is 19.0 Å². The van der Waals surface area contributed by atoms with Gasteiger partial charge in [-0.1, -0.05) is 18.2 Å². The Balaban J connectivity index is 1.54. The van der Waals surface area contributed by atoms with E-state index in [0.29, 0.717) is 37.0 Å². The van der Waals surface area contributed by atoms with Gasteiger partial charge in [-0.2, -0.15) is 5.10 Å². The standard InChI is InChI=1S/C21H21N3O4/c1-24-13-17(15-5-8-18-19(11-15)28-10-9-27-18)20(23-24)21(25)22-12-14-3-6-16(26-2)7-4-14/h3-8,11,13H,9-10,12H2,1-2H3,(H,22,25). The van der Waals surface area contributed by atoms with Gasteiger partial charge in [-0.05, 0) is 35.4 Å². The number of hydrogen-bond acceptors (Lipinski definition) is 5. The van der Waals surface area contributed by atoms with Crippen LogP contribution in [0, 0.1) is 0 Å². The van der Waals surface area contributed by atoms with Crippen LogP contribution in [0.15, 0.2) is 48.7 Å². The minimum Gasteiger partial charge on any atom is -0.497 e. The lowest BCUT2D eigenvalue weighted by Gasteiger charge is -2.18. The van der Waals surface area contributed by atoms with Crippen LogP contribution in [0.4, 0.5) is 0 Å². The van der Waals surface area contributed by atoms with Crippen LogP contribution in [0.1, 0.15) is 16.1 Å². The van der Waals surface area contributed by atoms with Gasteiger partial charge in [0, 0.05) is 25.4 Å². The molecule has 0 fully saturated rings. The number of methoxy groups -OCH3 is 1. The third-order valence-corrected chi connectivity index (χ3v) is 4.51. The Hall–Kier alpha value is -3.48. The number of aromatic nitrogens is 2. The summed E-state index contributed by atoms with van der Waals surface area (Å²) in [5, 5.41) is 7.28. The second-order valence-corrected chi connectivity index (χ2v) is 6.45. The smallest absolute Gasteiger partial charge is 0.272 e. The molecule has 1 N–H and O–H groups in total. The number of nitrogens with one attached hydrogen (secondary N) is 1. The van der Waals surface area contributed by atoms with Crippen molar-refractivity contribution in [2.45, 2.75) is 6.54 Å². The van der Waals surface area contributed by atoms with Crippen molar-refractivity contribution in [2.24, 2.45) is 7.05 Å². The van der Waals surface area contributed by atoms with Gasteiger partial charge in [0.05, 0.1) is 7.11 Å². The van der Waals surface area contributed by atoms with Crippen molar-refractivity contribution in [3.63, 3.8) is 0 Å². The van der Waals surface area contributed by atoms with Gasteiger partial charge >= 0.3 is 0 Å². The summed E-state index contributed by atoms with van der Waals surface area (Å²) in [4.78, 5) is 12.8. The zero-order chi connectivity index (χ0) is 19.5. The largest absolute Gasteiger partial charge is 0.497 e. The second-order valence-electron chi connectivity index (χ2n) is 6.45. The summed E-state index contributed by atoms with van der Waals surface area (Å²) in [6, 6.07) is 13.2. The van der Waals surface area contributed by atoms with Gasteiger partial charge in [0.25, 0.3) is 5.91 Å². The molecule has 28 heavy (non-hydrogen) atoms. The lowest BCUT2D eigenvalue weighted by Crippen LogP contribution is -2.24. The average molecular weight is 379 g/mol. The van der Waals surface area contributed by atoms with Crippen molar-refractivity contribution in [1.29, 1.82) is 0 Å². The molecule has 144 valence electrons. The van der Waals surface area contributed by atoms with Crippen LogP contribution < -0.4 is 19.5 Å². The molecule has 1 aromatic heterocycles. The van der Waals surface area contributed by atoms with E-state index in [1.165, 1.54) is 0 Å². The van der Waals surface area contributed by atoms with E-state index in [1.54, 1.807) is 18.8 Å². The van der Waals surface area contributed by atoms with Gasteiger partial charge in [-0.3, -0.25) is 9.48 Å². The molecule has 0 saturated heterocycles. The molecule has 2 heterocycles. The summed E-state index contributed by atoms with van der Waals surface area (Å²) in [6.07, 6.45) is 1.83. The predicted molar refractivity (Wildman–Crippen MR) is 104 cm³/mol. The normalized spacial score (nSPS) is 12.5. The van der Waals surface area contributed by atoms with E-state index < -0.39 is 0 Å². The van der Waals surface area contributed by atoms with Crippen LogP contribution in [0.3, 0.4) is 0 Å². The molecule has 0 bridgehead atoms. The first kappa shape index (κ1) is 17.9. The number of amides is 1. The number of rotatable bonds is 5. The molecule has 0 atom stereocenters. The van der Waals surface area contributed by atoms with Gasteiger partial charge < -0.3 is 19.5 Å². The zero-order valence-corrected chi connectivity index (χ0v) is 15.8. The Kier molecular flexibility index (Phi) is 4.89. The van der Waals surface area contributed by atoms with Crippen LogP contribution in [0.2, 0.25) is 0 Å². The van der Waals surface area contributed by atoms with Crippen LogP contribution >= 0.6 is 0 Å². The van der Waals surface area contributed by atoms with E-state index in [1.807, 2.05) is 48.7 Å². The van der Waals surface area contributed by atoms with Crippen molar-refractivity contribution in [3.05, 3.63) is 59.9 Å². The number of hydrogen-bond donors (Lipinski definition) is 1. The maximum Gasteiger partial charge on any atom is 0.272 e. The van der Waals surface area contributed by atoms with Crippen LogP contribution in [0.5, 0.6) is 17.2 Å². The number of benzene rings is 2. The maximum absolute atomic E-state index is 12.8. The van der Waals surface area contributed by atoms with Gasteiger partial charge in [0.15, 0.2) is 17.2 Å². The van der Waals surface area contributed by atoms with Gasteiger partial charge in [-0.15, -0.1) is 0 Å². The first-order valence-corrected chi connectivity index (χ1v) is 8.99. The fourth-order valence-electron chi connectivity index (χ4n) is 3.09. The quantitative estimate of drug-likeness (QED) is 0.738. The molecule has 4 rings (SSSR count). The highest BCUT2D eigenvalue weighted by Gasteiger charge is 2.20. The topological polar surface area (TPSA) is 74.6 Å². The monoisotopic (exact) mass is 379 g/mol. The molecule has 1 aliphatic heterocycles. The summed E-state index contributed by atoms with van der Waals surface area (Å²) < 4.78 is 18.0. The Morgan fingerprint density at radius 2 is 1.89 bits per heavy atom. The molecule has 1 amide bonds. The summed E-state index contributed by atoms with van der Waals surface area (Å²) >= 11 is 0. The molecule has 2 aromatic carbocycles. The van der Waals surface area contributed by atoms with Crippen LogP contribution in [-0.4, -0.2) is 36.0 Å². The summed E-state index contributed by atoms with van der Waals surface area (Å²) in [6.45, 7) is 1.46. The van der Waals surface area contributed by atoms with Crippen molar-refractivity contribution >= 4 is 5.91 Å². The van der Waals surface area contributed by atoms with Crippen LogP contribution in [0.25, 0.3) is 11.1 Å². The van der Waals surface area contributed by atoms with Gasteiger partial charge in [0.1, 0.15) is 19.0 Å².